The smallest absolute Gasteiger partial charge is 0.255 e. The normalized spacial score (nSPS) is 16.0. The number of hydrogen-bond acceptors (Lipinski definition) is 4. The van der Waals surface area contributed by atoms with E-state index in [0.29, 0.717) is 30.2 Å². The fourth-order valence-corrected chi connectivity index (χ4v) is 2.74. The number of amides is 1. The molecule has 1 heterocycles. The summed E-state index contributed by atoms with van der Waals surface area (Å²) in [5, 5.41) is 2.88. The van der Waals surface area contributed by atoms with E-state index in [1.807, 2.05) is 25.1 Å². The summed E-state index contributed by atoms with van der Waals surface area (Å²) in [6.45, 7) is 7.52. The van der Waals surface area contributed by atoms with Crippen LogP contribution in [0.4, 0.5) is 5.69 Å². The summed E-state index contributed by atoms with van der Waals surface area (Å²) < 4.78 is 16.9. The second-order valence-corrected chi connectivity index (χ2v) is 6.70. The van der Waals surface area contributed by atoms with Gasteiger partial charge in [0.1, 0.15) is 24.7 Å². The van der Waals surface area contributed by atoms with Crippen molar-refractivity contribution in [3.63, 3.8) is 0 Å². The minimum Gasteiger partial charge on any atom is -0.491 e. The number of carbonyl (C=O) groups excluding carboxylic acids is 1. The molecule has 2 aromatic carbocycles. The van der Waals surface area contributed by atoms with Gasteiger partial charge in [0.2, 0.25) is 0 Å². The van der Waals surface area contributed by atoms with E-state index >= 15 is 0 Å². The van der Waals surface area contributed by atoms with Crippen molar-refractivity contribution in [1.82, 2.24) is 0 Å². The van der Waals surface area contributed by atoms with Gasteiger partial charge in [-0.25, -0.2) is 0 Å². The lowest BCUT2D eigenvalue weighted by molar-refractivity contribution is 0.0679. The molecule has 1 saturated heterocycles. The Morgan fingerprint density at radius 1 is 1.19 bits per heavy atom. The third kappa shape index (κ3) is 5.86. The average Bonchev–Trinajstić information content (AvgIpc) is 3.19. The molecule has 5 heteroatoms. The summed E-state index contributed by atoms with van der Waals surface area (Å²) in [7, 11) is 0. The van der Waals surface area contributed by atoms with E-state index in [1.54, 1.807) is 30.3 Å². The zero-order valence-corrected chi connectivity index (χ0v) is 15.6. The van der Waals surface area contributed by atoms with Crippen LogP contribution in [0.3, 0.4) is 0 Å². The number of hydrogen-bond donors (Lipinski definition) is 1. The number of rotatable bonds is 8. The van der Waals surface area contributed by atoms with Crippen molar-refractivity contribution in [3.8, 4) is 11.5 Å². The molecule has 0 aromatic heterocycles. The Bertz CT molecular complexity index is 779. The van der Waals surface area contributed by atoms with Crippen LogP contribution in [0.5, 0.6) is 11.5 Å². The number of anilines is 1. The predicted molar refractivity (Wildman–Crippen MR) is 106 cm³/mol. The first-order valence-electron chi connectivity index (χ1n) is 9.13. The van der Waals surface area contributed by atoms with Gasteiger partial charge in [0.15, 0.2) is 0 Å². The molecule has 27 heavy (non-hydrogen) atoms. The average molecular weight is 367 g/mol. The molecule has 1 atom stereocenters. The van der Waals surface area contributed by atoms with E-state index in [4.69, 9.17) is 14.2 Å². The van der Waals surface area contributed by atoms with Crippen LogP contribution in [0.25, 0.3) is 0 Å². The standard InChI is InChI=1S/C22H25NO4/c1-16(2)14-26-20-6-3-5-18(13-20)23-22(24)17-8-10-19(11-9-17)27-15-21-7-4-12-25-21/h3,5-6,8-11,13,21H,1,4,7,12,14-15H2,2H3,(H,23,24). The van der Waals surface area contributed by atoms with Crippen LogP contribution in [0.2, 0.25) is 0 Å². The number of nitrogens with one attached hydrogen (secondary N) is 1. The lowest BCUT2D eigenvalue weighted by Gasteiger charge is -2.12. The Balaban J connectivity index is 1.54. The quantitative estimate of drug-likeness (QED) is 0.700. The van der Waals surface area contributed by atoms with Crippen LogP contribution < -0.4 is 14.8 Å². The first-order chi connectivity index (χ1) is 13.1. The molecule has 0 saturated carbocycles. The van der Waals surface area contributed by atoms with Crippen molar-refractivity contribution in [2.24, 2.45) is 0 Å². The van der Waals surface area contributed by atoms with E-state index in [2.05, 4.69) is 11.9 Å². The fraction of sp³-hybridized carbons (Fsp3) is 0.318. The van der Waals surface area contributed by atoms with Gasteiger partial charge >= 0.3 is 0 Å². The van der Waals surface area contributed by atoms with Gasteiger partial charge in [0.25, 0.3) is 5.91 Å². The minimum atomic E-state index is -0.183. The minimum absolute atomic E-state index is 0.173. The maximum atomic E-state index is 12.4. The van der Waals surface area contributed by atoms with Gasteiger partial charge in [-0.15, -0.1) is 0 Å². The van der Waals surface area contributed by atoms with Gasteiger partial charge in [-0.05, 0) is 61.7 Å². The Morgan fingerprint density at radius 3 is 2.70 bits per heavy atom. The monoisotopic (exact) mass is 367 g/mol. The first kappa shape index (κ1) is 19.0. The molecule has 0 radical (unpaired) electrons. The van der Waals surface area contributed by atoms with Crippen LogP contribution in [-0.4, -0.2) is 31.8 Å². The highest BCUT2D eigenvalue weighted by molar-refractivity contribution is 6.04. The van der Waals surface area contributed by atoms with Crippen molar-refractivity contribution >= 4 is 11.6 Å². The molecule has 1 aliphatic heterocycles. The zero-order valence-electron chi connectivity index (χ0n) is 15.6. The molecule has 1 amide bonds. The Kier molecular flexibility index (Phi) is 6.49. The Labute approximate surface area is 159 Å². The molecular weight excluding hydrogens is 342 g/mol. The maximum absolute atomic E-state index is 12.4. The van der Waals surface area contributed by atoms with Gasteiger partial charge in [-0.1, -0.05) is 12.6 Å². The number of ether oxygens (including phenoxy) is 3. The Hall–Kier alpha value is -2.79. The maximum Gasteiger partial charge on any atom is 0.255 e. The zero-order chi connectivity index (χ0) is 19.1. The van der Waals surface area contributed by atoms with Gasteiger partial charge in [-0.3, -0.25) is 4.79 Å². The van der Waals surface area contributed by atoms with Crippen molar-refractivity contribution in [1.29, 1.82) is 0 Å². The number of benzene rings is 2. The van der Waals surface area contributed by atoms with E-state index in [-0.39, 0.29) is 12.0 Å². The molecule has 1 fully saturated rings. The molecule has 2 aromatic rings. The van der Waals surface area contributed by atoms with Crippen molar-refractivity contribution in [2.75, 3.05) is 25.1 Å². The second kappa shape index (κ2) is 9.24. The van der Waals surface area contributed by atoms with Crippen LogP contribution in [0.15, 0.2) is 60.7 Å². The molecular formula is C22H25NO4. The lowest BCUT2D eigenvalue weighted by atomic mass is 10.2. The second-order valence-electron chi connectivity index (χ2n) is 6.70. The molecule has 0 bridgehead atoms. The highest BCUT2D eigenvalue weighted by Crippen LogP contribution is 2.20. The van der Waals surface area contributed by atoms with Gasteiger partial charge in [-0.2, -0.15) is 0 Å². The molecule has 3 rings (SSSR count). The van der Waals surface area contributed by atoms with E-state index in [9.17, 15) is 4.79 Å². The number of carbonyl (C=O) groups is 1. The van der Waals surface area contributed by atoms with Crippen molar-refractivity contribution in [3.05, 3.63) is 66.2 Å². The molecule has 5 nitrogen and oxygen atoms in total. The molecule has 1 unspecified atom stereocenters. The highest BCUT2D eigenvalue weighted by Gasteiger charge is 2.16. The highest BCUT2D eigenvalue weighted by atomic mass is 16.5. The summed E-state index contributed by atoms with van der Waals surface area (Å²) in [5.41, 5.74) is 2.18. The van der Waals surface area contributed by atoms with Gasteiger partial charge in [0, 0.05) is 23.9 Å². The van der Waals surface area contributed by atoms with E-state index < -0.39 is 0 Å². The van der Waals surface area contributed by atoms with Crippen molar-refractivity contribution in [2.45, 2.75) is 25.9 Å². The Morgan fingerprint density at radius 2 is 2.00 bits per heavy atom. The van der Waals surface area contributed by atoms with Gasteiger partial charge < -0.3 is 19.5 Å². The summed E-state index contributed by atoms with van der Waals surface area (Å²) in [6, 6.07) is 14.4. The largest absolute Gasteiger partial charge is 0.491 e. The summed E-state index contributed by atoms with van der Waals surface area (Å²) in [5.74, 6) is 1.24. The topological polar surface area (TPSA) is 56.8 Å². The molecule has 0 aliphatic carbocycles. The summed E-state index contributed by atoms with van der Waals surface area (Å²) in [4.78, 5) is 12.4. The third-order valence-corrected chi connectivity index (χ3v) is 4.15. The van der Waals surface area contributed by atoms with Gasteiger partial charge in [0.05, 0.1) is 6.10 Å². The SMILES string of the molecule is C=C(C)COc1cccc(NC(=O)c2ccc(OCC3CCCO3)cc2)c1. The fourth-order valence-electron chi connectivity index (χ4n) is 2.74. The first-order valence-corrected chi connectivity index (χ1v) is 9.13. The van der Waals surface area contributed by atoms with E-state index in [1.165, 1.54) is 0 Å². The van der Waals surface area contributed by atoms with Crippen molar-refractivity contribution < 1.29 is 19.0 Å². The van der Waals surface area contributed by atoms with Crippen LogP contribution in [-0.2, 0) is 4.74 Å². The lowest BCUT2D eigenvalue weighted by Crippen LogP contribution is -2.16. The molecule has 142 valence electrons. The van der Waals surface area contributed by atoms with E-state index in [0.717, 1.165) is 30.8 Å². The molecule has 0 spiro atoms. The predicted octanol–water partition coefficient (Wildman–Crippen LogP) is 4.45. The summed E-state index contributed by atoms with van der Waals surface area (Å²) >= 11 is 0. The van der Waals surface area contributed by atoms with Crippen LogP contribution in [0, 0.1) is 0 Å². The third-order valence-electron chi connectivity index (χ3n) is 4.15. The molecule has 1 aliphatic rings. The van der Waals surface area contributed by atoms with Crippen LogP contribution in [0.1, 0.15) is 30.1 Å². The van der Waals surface area contributed by atoms with Crippen LogP contribution >= 0.6 is 0 Å². The summed E-state index contributed by atoms with van der Waals surface area (Å²) in [6.07, 6.45) is 2.30. The molecule has 1 N–H and O–H groups in total.